The van der Waals surface area contributed by atoms with Gasteiger partial charge in [-0.15, -0.1) is 0 Å². The molecule has 28 heavy (non-hydrogen) atoms. The second-order valence-corrected chi connectivity index (χ2v) is 8.77. The summed E-state index contributed by atoms with van der Waals surface area (Å²) >= 11 is 5.82. The summed E-state index contributed by atoms with van der Waals surface area (Å²) in [5, 5.41) is 11.5. The fourth-order valence-electron chi connectivity index (χ4n) is 4.84. The first-order valence-electron chi connectivity index (χ1n) is 10.2. The number of aliphatic hydroxyl groups excluding tert-OH is 1. The van der Waals surface area contributed by atoms with Crippen molar-refractivity contribution in [3.63, 3.8) is 0 Å². The third kappa shape index (κ3) is 3.23. The van der Waals surface area contributed by atoms with Crippen molar-refractivity contribution in [2.45, 2.75) is 56.5 Å². The maximum Gasteiger partial charge on any atom is 0.142 e. The first-order chi connectivity index (χ1) is 13.6. The van der Waals surface area contributed by atoms with Gasteiger partial charge < -0.3 is 9.51 Å². The van der Waals surface area contributed by atoms with E-state index < -0.39 is 6.10 Å². The van der Waals surface area contributed by atoms with Crippen LogP contribution in [0.5, 0.6) is 0 Å². The molecule has 5 heteroatoms. The van der Waals surface area contributed by atoms with Crippen molar-refractivity contribution < 1.29 is 9.50 Å². The third-order valence-corrected chi connectivity index (χ3v) is 6.89. The summed E-state index contributed by atoms with van der Waals surface area (Å²) in [5.74, 6) is 0.785. The van der Waals surface area contributed by atoms with Crippen LogP contribution in [-0.2, 0) is 0 Å². The van der Waals surface area contributed by atoms with Gasteiger partial charge in [0.15, 0.2) is 0 Å². The molecule has 2 aromatic heterocycles. The van der Waals surface area contributed by atoms with Crippen molar-refractivity contribution in [3.05, 3.63) is 70.5 Å². The van der Waals surface area contributed by atoms with Crippen molar-refractivity contribution >= 4 is 17.1 Å². The molecule has 2 aliphatic carbocycles. The van der Waals surface area contributed by atoms with Crippen molar-refractivity contribution in [1.82, 2.24) is 9.38 Å². The number of pyridine rings is 1. The Labute approximate surface area is 169 Å². The van der Waals surface area contributed by atoms with Gasteiger partial charge in [0, 0.05) is 0 Å². The Morgan fingerprint density at radius 2 is 1.79 bits per heavy atom. The van der Waals surface area contributed by atoms with E-state index in [0.29, 0.717) is 11.8 Å². The zero-order valence-corrected chi connectivity index (χ0v) is 16.4. The number of nitrogens with zero attached hydrogens (tertiary/aromatic N) is 2. The maximum atomic E-state index is 13.8. The molecule has 0 aliphatic heterocycles. The van der Waals surface area contributed by atoms with E-state index in [-0.39, 0.29) is 16.8 Å². The average Bonchev–Trinajstić information content (AvgIpc) is 3.45. The summed E-state index contributed by atoms with van der Waals surface area (Å²) in [4.78, 5) is 4.28. The molecule has 0 unspecified atom stereocenters. The zero-order valence-electron chi connectivity index (χ0n) is 15.7. The quantitative estimate of drug-likeness (QED) is 0.584. The van der Waals surface area contributed by atoms with Crippen molar-refractivity contribution in [1.29, 1.82) is 0 Å². The molecule has 2 fully saturated rings. The lowest BCUT2D eigenvalue weighted by Crippen LogP contribution is -2.22. The van der Waals surface area contributed by atoms with Gasteiger partial charge in [0.25, 0.3) is 0 Å². The molecule has 0 saturated heterocycles. The highest BCUT2D eigenvalue weighted by atomic mass is 35.5. The number of hydrogen-bond donors (Lipinski definition) is 1. The van der Waals surface area contributed by atoms with E-state index in [2.05, 4.69) is 21.5 Å². The molecular weight excluding hydrogens is 375 g/mol. The molecule has 0 radical (unpaired) electrons. The van der Waals surface area contributed by atoms with Crippen LogP contribution < -0.4 is 0 Å². The number of benzene rings is 1. The number of imidazole rings is 1. The molecule has 0 bridgehead atoms. The van der Waals surface area contributed by atoms with Crippen LogP contribution in [0.2, 0.25) is 5.02 Å². The van der Waals surface area contributed by atoms with Gasteiger partial charge in [0.1, 0.15) is 5.82 Å². The van der Waals surface area contributed by atoms with Gasteiger partial charge >= 0.3 is 0 Å². The number of aromatic nitrogens is 2. The van der Waals surface area contributed by atoms with E-state index >= 15 is 0 Å². The topological polar surface area (TPSA) is 37.5 Å². The van der Waals surface area contributed by atoms with Gasteiger partial charge in [-0.1, -0.05) is 23.7 Å². The van der Waals surface area contributed by atoms with E-state index in [9.17, 15) is 9.50 Å². The van der Waals surface area contributed by atoms with Crippen LogP contribution in [0.25, 0.3) is 5.52 Å². The maximum absolute atomic E-state index is 13.8. The number of hydrogen-bond acceptors (Lipinski definition) is 2. The van der Waals surface area contributed by atoms with Crippen LogP contribution in [0.3, 0.4) is 0 Å². The minimum atomic E-state index is -0.489. The second kappa shape index (κ2) is 7.16. The number of halogens is 2. The van der Waals surface area contributed by atoms with E-state index in [1.165, 1.54) is 18.4 Å². The molecule has 3 aromatic rings. The third-order valence-electron chi connectivity index (χ3n) is 6.59. The van der Waals surface area contributed by atoms with E-state index in [1.54, 1.807) is 12.1 Å². The summed E-state index contributed by atoms with van der Waals surface area (Å²) in [6.45, 7) is 0. The molecular formula is C23H24ClFN2O. The Morgan fingerprint density at radius 1 is 1.04 bits per heavy atom. The van der Waals surface area contributed by atoms with Crippen LogP contribution in [0, 0.1) is 11.7 Å². The molecule has 1 aromatic carbocycles. The van der Waals surface area contributed by atoms with Gasteiger partial charge in [-0.05, 0) is 85.6 Å². The lowest BCUT2D eigenvalue weighted by atomic mass is 9.75. The molecule has 1 N–H and O–H groups in total. The van der Waals surface area contributed by atoms with Crippen LogP contribution in [-0.4, -0.2) is 14.5 Å². The fourth-order valence-corrected chi connectivity index (χ4v) is 4.96. The summed E-state index contributed by atoms with van der Waals surface area (Å²) in [5.41, 5.74) is 4.35. The van der Waals surface area contributed by atoms with Gasteiger partial charge in [0.05, 0.1) is 34.9 Å². The summed E-state index contributed by atoms with van der Waals surface area (Å²) < 4.78 is 15.9. The molecule has 5 rings (SSSR count). The van der Waals surface area contributed by atoms with Crippen molar-refractivity contribution in [3.8, 4) is 0 Å². The summed E-state index contributed by atoms with van der Waals surface area (Å²) in [7, 11) is 0. The largest absolute Gasteiger partial charge is 0.387 e. The summed E-state index contributed by atoms with van der Waals surface area (Å²) in [6.07, 6.45) is 9.38. The molecule has 146 valence electrons. The van der Waals surface area contributed by atoms with Crippen LogP contribution in [0.4, 0.5) is 4.39 Å². The molecule has 2 heterocycles. The summed E-state index contributed by atoms with van der Waals surface area (Å²) in [6, 6.07) is 9.43. The van der Waals surface area contributed by atoms with Crippen LogP contribution in [0.1, 0.15) is 73.3 Å². The van der Waals surface area contributed by atoms with Gasteiger partial charge in [-0.25, -0.2) is 9.37 Å². The van der Waals surface area contributed by atoms with E-state index in [1.807, 2.05) is 18.6 Å². The Hall–Kier alpha value is -1.91. The Bertz CT molecular complexity index is 1010. The van der Waals surface area contributed by atoms with Crippen LogP contribution in [0.15, 0.2) is 42.9 Å². The second-order valence-electron chi connectivity index (χ2n) is 8.37. The van der Waals surface area contributed by atoms with Crippen molar-refractivity contribution in [2.24, 2.45) is 5.92 Å². The SMILES string of the molecule is O[C@@H](c1c(C2CC2)ccc2cncn12)C1CCC(c2ccc(Cl)c(F)c2)CC1. The highest BCUT2D eigenvalue weighted by Crippen LogP contribution is 2.47. The predicted octanol–water partition coefficient (Wildman–Crippen LogP) is 6.01. The lowest BCUT2D eigenvalue weighted by molar-refractivity contribution is 0.0754. The highest BCUT2D eigenvalue weighted by molar-refractivity contribution is 6.30. The number of rotatable bonds is 4. The lowest BCUT2D eigenvalue weighted by Gasteiger charge is -2.33. The smallest absolute Gasteiger partial charge is 0.142 e. The Kier molecular flexibility index (Phi) is 4.64. The van der Waals surface area contributed by atoms with Gasteiger partial charge in [-0.3, -0.25) is 0 Å². The minimum Gasteiger partial charge on any atom is -0.387 e. The van der Waals surface area contributed by atoms with E-state index in [4.69, 9.17) is 11.6 Å². The van der Waals surface area contributed by atoms with E-state index in [0.717, 1.165) is 42.5 Å². The Balaban J connectivity index is 1.37. The normalized spacial score (nSPS) is 23.8. The number of aliphatic hydroxyl groups is 1. The average molecular weight is 399 g/mol. The Morgan fingerprint density at radius 3 is 2.50 bits per heavy atom. The van der Waals surface area contributed by atoms with Gasteiger partial charge in [-0.2, -0.15) is 0 Å². The molecule has 2 aliphatic rings. The first-order valence-corrected chi connectivity index (χ1v) is 10.6. The molecule has 0 amide bonds. The molecule has 0 spiro atoms. The number of fused-ring (bicyclic) bond motifs is 1. The van der Waals surface area contributed by atoms with Gasteiger partial charge in [0.2, 0.25) is 0 Å². The zero-order chi connectivity index (χ0) is 19.3. The molecule has 2 saturated carbocycles. The minimum absolute atomic E-state index is 0.175. The fraction of sp³-hybridized carbons (Fsp3) is 0.435. The monoisotopic (exact) mass is 398 g/mol. The molecule has 1 atom stereocenters. The van der Waals surface area contributed by atoms with Crippen LogP contribution >= 0.6 is 11.6 Å². The van der Waals surface area contributed by atoms with Crippen molar-refractivity contribution in [2.75, 3.05) is 0 Å². The highest BCUT2D eigenvalue weighted by Gasteiger charge is 2.34. The predicted molar refractivity (Wildman–Crippen MR) is 108 cm³/mol. The standard InChI is InChI=1S/C23H24ClFN2O/c24-20-10-7-17(11-21(20)25)14-1-5-16(6-2-14)23(28)22-19(15-3-4-15)9-8-18-12-26-13-27(18)22/h7-16,23,28H,1-6H2/t14?,16?,23-/m1/s1. The molecule has 3 nitrogen and oxygen atoms in total. The first kappa shape index (κ1) is 18.1.